The van der Waals surface area contributed by atoms with Gasteiger partial charge in [0.05, 0.1) is 6.54 Å². The molecule has 3 N–H and O–H groups in total. The number of rotatable bonds is 6. The van der Waals surface area contributed by atoms with Crippen LogP contribution in [0.2, 0.25) is 0 Å². The van der Waals surface area contributed by atoms with E-state index in [-0.39, 0.29) is 11.5 Å². The van der Waals surface area contributed by atoms with Crippen molar-refractivity contribution in [2.75, 3.05) is 19.6 Å². The van der Waals surface area contributed by atoms with Gasteiger partial charge in [-0.15, -0.1) is 0 Å². The maximum atomic E-state index is 11.3. The van der Waals surface area contributed by atoms with E-state index in [4.69, 9.17) is 15.5 Å². The zero-order valence-corrected chi connectivity index (χ0v) is 17.1. The van der Waals surface area contributed by atoms with E-state index < -0.39 is 0 Å². The minimum atomic E-state index is -0.251. The Morgan fingerprint density at radius 1 is 1.37 bits per heavy atom. The van der Waals surface area contributed by atoms with Crippen LogP contribution >= 0.6 is 0 Å². The standard InChI is InChI=1S/C21H34N4O2/c1-5-23-20(25-12-8-9-16(15-25)13-19(22)26)24-14-17-10-6-7-11-18(17)27-21(2,3)4/h6-7,10-11,16H,5,8-9,12-15H2,1-4H3,(H2,22,26)(H,23,24). The van der Waals surface area contributed by atoms with Gasteiger partial charge in [-0.05, 0) is 52.5 Å². The SMILES string of the molecule is CCNC(=NCc1ccccc1OC(C)(C)C)N1CCCC(CC(N)=O)C1. The highest BCUT2D eigenvalue weighted by Crippen LogP contribution is 2.24. The largest absolute Gasteiger partial charge is 0.488 e. The fourth-order valence-electron chi connectivity index (χ4n) is 3.36. The van der Waals surface area contributed by atoms with E-state index in [0.29, 0.717) is 18.9 Å². The number of nitrogens with two attached hydrogens (primary N) is 1. The van der Waals surface area contributed by atoms with E-state index in [9.17, 15) is 4.79 Å². The number of hydrogen-bond donors (Lipinski definition) is 2. The van der Waals surface area contributed by atoms with Gasteiger partial charge in [0, 0.05) is 31.6 Å². The first-order valence-corrected chi connectivity index (χ1v) is 9.87. The third-order valence-electron chi connectivity index (χ3n) is 4.43. The van der Waals surface area contributed by atoms with Crippen molar-refractivity contribution in [1.82, 2.24) is 10.2 Å². The van der Waals surface area contributed by atoms with Gasteiger partial charge in [-0.25, -0.2) is 4.99 Å². The first kappa shape index (κ1) is 21.1. The van der Waals surface area contributed by atoms with Gasteiger partial charge in [-0.2, -0.15) is 0 Å². The summed E-state index contributed by atoms with van der Waals surface area (Å²) in [5, 5.41) is 3.38. The number of guanidine groups is 1. The molecule has 1 saturated heterocycles. The van der Waals surface area contributed by atoms with Crippen LogP contribution < -0.4 is 15.8 Å². The molecule has 6 heteroatoms. The van der Waals surface area contributed by atoms with Crippen LogP contribution in [0, 0.1) is 5.92 Å². The molecular weight excluding hydrogens is 340 g/mol. The molecule has 27 heavy (non-hydrogen) atoms. The van der Waals surface area contributed by atoms with Gasteiger partial charge >= 0.3 is 0 Å². The van der Waals surface area contributed by atoms with E-state index >= 15 is 0 Å². The molecular formula is C21H34N4O2. The summed E-state index contributed by atoms with van der Waals surface area (Å²) in [5.74, 6) is 1.83. The summed E-state index contributed by atoms with van der Waals surface area (Å²) in [5.41, 5.74) is 6.20. The summed E-state index contributed by atoms with van der Waals surface area (Å²) in [6, 6.07) is 8.04. The zero-order chi connectivity index (χ0) is 19.9. The molecule has 1 aliphatic heterocycles. The average Bonchev–Trinajstić information content (AvgIpc) is 2.58. The van der Waals surface area contributed by atoms with E-state index in [1.165, 1.54) is 0 Å². The lowest BCUT2D eigenvalue weighted by Crippen LogP contribution is -2.47. The minimum Gasteiger partial charge on any atom is -0.488 e. The van der Waals surface area contributed by atoms with Gasteiger partial charge in [0.25, 0.3) is 0 Å². The van der Waals surface area contributed by atoms with E-state index in [1.54, 1.807) is 0 Å². The number of benzene rings is 1. The number of likely N-dealkylation sites (tertiary alicyclic amines) is 1. The van der Waals surface area contributed by atoms with Crippen molar-refractivity contribution < 1.29 is 9.53 Å². The van der Waals surface area contributed by atoms with Crippen LogP contribution in [-0.2, 0) is 11.3 Å². The fraction of sp³-hybridized carbons (Fsp3) is 0.619. The maximum absolute atomic E-state index is 11.3. The van der Waals surface area contributed by atoms with Crippen molar-refractivity contribution >= 4 is 11.9 Å². The van der Waals surface area contributed by atoms with Crippen molar-refractivity contribution in [3.05, 3.63) is 29.8 Å². The topological polar surface area (TPSA) is 80.0 Å². The summed E-state index contributed by atoms with van der Waals surface area (Å²) in [6.07, 6.45) is 2.53. The Bertz CT molecular complexity index is 652. The zero-order valence-electron chi connectivity index (χ0n) is 17.1. The Morgan fingerprint density at radius 3 is 2.78 bits per heavy atom. The molecule has 1 fully saturated rings. The molecule has 0 radical (unpaired) electrons. The molecule has 150 valence electrons. The summed E-state index contributed by atoms with van der Waals surface area (Å²) < 4.78 is 6.08. The molecule has 0 aromatic heterocycles. The lowest BCUT2D eigenvalue weighted by molar-refractivity contribution is -0.119. The number of hydrogen-bond acceptors (Lipinski definition) is 3. The second-order valence-electron chi connectivity index (χ2n) is 8.12. The quantitative estimate of drug-likeness (QED) is 0.593. The Labute approximate surface area is 163 Å². The molecule has 1 aromatic rings. The predicted molar refractivity (Wildman–Crippen MR) is 110 cm³/mol. The summed E-state index contributed by atoms with van der Waals surface area (Å²) in [4.78, 5) is 18.4. The molecule has 1 unspecified atom stereocenters. The highest BCUT2D eigenvalue weighted by molar-refractivity contribution is 5.80. The second-order valence-corrected chi connectivity index (χ2v) is 8.12. The van der Waals surface area contributed by atoms with Crippen LogP contribution in [0.5, 0.6) is 5.75 Å². The van der Waals surface area contributed by atoms with Crippen LogP contribution in [0.4, 0.5) is 0 Å². The molecule has 0 bridgehead atoms. The lowest BCUT2D eigenvalue weighted by atomic mass is 9.95. The van der Waals surface area contributed by atoms with Crippen molar-refractivity contribution in [2.24, 2.45) is 16.6 Å². The van der Waals surface area contributed by atoms with E-state index in [2.05, 4.69) is 23.2 Å². The van der Waals surface area contributed by atoms with Crippen molar-refractivity contribution in [3.8, 4) is 5.75 Å². The first-order valence-electron chi connectivity index (χ1n) is 9.87. The highest BCUT2D eigenvalue weighted by Gasteiger charge is 2.23. The smallest absolute Gasteiger partial charge is 0.217 e. The molecule has 0 saturated carbocycles. The molecule has 0 spiro atoms. The first-order chi connectivity index (χ1) is 12.8. The van der Waals surface area contributed by atoms with Gasteiger partial charge in [-0.1, -0.05) is 18.2 Å². The van der Waals surface area contributed by atoms with Crippen molar-refractivity contribution in [2.45, 2.75) is 59.1 Å². The van der Waals surface area contributed by atoms with Gasteiger partial charge in [0.1, 0.15) is 11.4 Å². The maximum Gasteiger partial charge on any atom is 0.217 e. The summed E-state index contributed by atoms with van der Waals surface area (Å²) >= 11 is 0. The molecule has 1 aliphatic rings. The van der Waals surface area contributed by atoms with Crippen molar-refractivity contribution in [1.29, 1.82) is 0 Å². The molecule has 0 aliphatic carbocycles. The minimum absolute atomic E-state index is 0.225. The average molecular weight is 375 g/mol. The molecule has 1 aromatic carbocycles. The Balaban J connectivity index is 2.13. The normalized spacial score (nSPS) is 18.3. The Morgan fingerprint density at radius 2 is 2.11 bits per heavy atom. The highest BCUT2D eigenvalue weighted by atomic mass is 16.5. The molecule has 1 heterocycles. The number of nitrogens with zero attached hydrogens (tertiary/aromatic N) is 2. The van der Waals surface area contributed by atoms with Crippen LogP contribution in [0.15, 0.2) is 29.3 Å². The number of carbonyl (C=O) groups excluding carboxylic acids is 1. The monoisotopic (exact) mass is 374 g/mol. The Hall–Kier alpha value is -2.24. The molecule has 2 rings (SSSR count). The summed E-state index contributed by atoms with van der Waals surface area (Å²) in [6.45, 7) is 11.3. The van der Waals surface area contributed by atoms with Crippen LogP contribution in [-0.4, -0.2) is 42.0 Å². The number of ether oxygens (including phenoxy) is 1. The Kier molecular flexibility index (Phi) is 7.51. The van der Waals surface area contributed by atoms with E-state index in [0.717, 1.165) is 49.7 Å². The lowest BCUT2D eigenvalue weighted by Gasteiger charge is -2.34. The van der Waals surface area contributed by atoms with Crippen LogP contribution in [0.25, 0.3) is 0 Å². The third-order valence-corrected chi connectivity index (χ3v) is 4.43. The number of carbonyl (C=O) groups is 1. The number of amides is 1. The van der Waals surface area contributed by atoms with Crippen LogP contribution in [0.3, 0.4) is 0 Å². The number of para-hydroxylation sites is 1. The predicted octanol–water partition coefficient (Wildman–Crippen LogP) is 2.92. The third kappa shape index (κ3) is 7.12. The van der Waals surface area contributed by atoms with Gasteiger partial charge in [0.15, 0.2) is 5.96 Å². The molecule has 6 nitrogen and oxygen atoms in total. The molecule has 1 amide bonds. The summed E-state index contributed by atoms with van der Waals surface area (Å²) in [7, 11) is 0. The second kappa shape index (κ2) is 9.62. The van der Waals surface area contributed by atoms with Gasteiger partial charge in [-0.3, -0.25) is 4.79 Å². The van der Waals surface area contributed by atoms with E-state index in [1.807, 2.05) is 39.0 Å². The fourth-order valence-corrected chi connectivity index (χ4v) is 3.36. The van der Waals surface area contributed by atoms with Gasteiger partial charge < -0.3 is 20.7 Å². The number of primary amides is 1. The molecule has 1 atom stereocenters. The number of aliphatic imine (C=N–C) groups is 1. The van der Waals surface area contributed by atoms with Gasteiger partial charge in [0.2, 0.25) is 5.91 Å². The number of piperidine rings is 1. The van der Waals surface area contributed by atoms with Crippen LogP contribution in [0.1, 0.15) is 52.5 Å². The number of nitrogens with one attached hydrogen (secondary N) is 1. The van der Waals surface area contributed by atoms with Crippen molar-refractivity contribution in [3.63, 3.8) is 0 Å².